The van der Waals surface area contributed by atoms with E-state index in [4.69, 9.17) is 37.4 Å². The average molecular weight is 412 g/mol. The maximum absolute atomic E-state index is 6.43. The van der Waals surface area contributed by atoms with Crippen molar-refractivity contribution in [3.63, 3.8) is 0 Å². The molecular formula is C21H27Cl2NO3. The van der Waals surface area contributed by atoms with Gasteiger partial charge in [0.2, 0.25) is 0 Å². The molecule has 2 aromatic carbocycles. The van der Waals surface area contributed by atoms with E-state index in [9.17, 15) is 0 Å². The second-order valence-electron chi connectivity index (χ2n) is 6.44. The second-order valence-corrected chi connectivity index (χ2v) is 7.25. The number of hydrogen-bond acceptors (Lipinski definition) is 4. The molecule has 2 rings (SSSR count). The summed E-state index contributed by atoms with van der Waals surface area (Å²) >= 11 is 12.6. The van der Waals surface area contributed by atoms with E-state index in [1.807, 2.05) is 50.2 Å². The van der Waals surface area contributed by atoms with E-state index in [0.717, 1.165) is 30.7 Å². The van der Waals surface area contributed by atoms with Crippen LogP contribution in [0.1, 0.15) is 31.4 Å². The van der Waals surface area contributed by atoms with Crippen molar-refractivity contribution in [2.75, 3.05) is 20.3 Å². The predicted molar refractivity (Wildman–Crippen MR) is 111 cm³/mol. The van der Waals surface area contributed by atoms with Gasteiger partial charge in [-0.25, -0.2) is 0 Å². The molecule has 0 amide bonds. The zero-order valence-electron chi connectivity index (χ0n) is 16.1. The van der Waals surface area contributed by atoms with Crippen molar-refractivity contribution in [2.45, 2.75) is 39.5 Å². The summed E-state index contributed by atoms with van der Waals surface area (Å²) in [6.07, 6.45) is 1.23. The summed E-state index contributed by atoms with van der Waals surface area (Å²) in [5, 5.41) is 4.56. The maximum Gasteiger partial charge on any atom is 0.180 e. The molecule has 0 saturated heterocycles. The van der Waals surface area contributed by atoms with Crippen molar-refractivity contribution in [3.05, 3.63) is 57.6 Å². The van der Waals surface area contributed by atoms with Gasteiger partial charge in [0, 0.05) is 23.7 Å². The Hall–Kier alpha value is -1.46. The number of halogens is 2. The molecule has 0 aliphatic carbocycles. The lowest BCUT2D eigenvalue weighted by atomic mass is 10.2. The summed E-state index contributed by atoms with van der Waals surface area (Å²) < 4.78 is 16.9. The summed E-state index contributed by atoms with van der Waals surface area (Å²) in [4.78, 5) is 0. The number of benzene rings is 2. The molecular weight excluding hydrogens is 385 g/mol. The molecule has 2 aromatic rings. The smallest absolute Gasteiger partial charge is 0.180 e. The second kappa shape index (κ2) is 11.4. The van der Waals surface area contributed by atoms with Crippen molar-refractivity contribution in [1.29, 1.82) is 0 Å². The monoisotopic (exact) mass is 411 g/mol. The molecule has 0 heterocycles. The minimum atomic E-state index is 0.270. The number of nitrogens with one attached hydrogen (secondary N) is 1. The van der Waals surface area contributed by atoms with Crippen LogP contribution in [0, 0.1) is 0 Å². The van der Waals surface area contributed by atoms with Crippen LogP contribution in [0.3, 0.4) is 0 Å². The molecule has 0 fully saturated rings. The highest BCUT2D eigenvalue weighted by Crippen LogP contribution is 2.37. The third kappa shape index (κ3) is 7.23. The van der Waals surface area contributed by atoms with Crippen LogP contribution < -0.4 is 14.8 Å². The minimum absolute atomic E-state index is 0.270. The van der Waals surface area contributed by atoms with E-state index in [1.54, 1.807) is 7.11 Å². The minimum Gasteiger partial charge on any atom is -0.493 e. The molecule has 0 bridgehead atoms. The van der Waals surface area contributed by atoms with Crippen LogP contribution in [0.15, 0.2) is 36.4 Å². The van der Waals surface area contributed by atoms with Crippen molar-refractivity contribution >= 4 is 23.2 Å². The van der Waals surface area contributed by atoms with Gasteiger partial charge in [0.05, 0.1) is 18.2 Å². The lowest BCUT2D eigenvalue weighted by molar-refractivity contribution is 0.0770. The topological polar surface area (TPSA) is 39.7 Å². The summed E-state index contributed by atoms with van der Waals surface area (Å²) in [6.45, 7) is 6.72. The lowest BCUT2D eigenvalue weighted by Gasteiger charge is -2.15. The highest BCUT2D eigenvalue weighted by atomic mass is 35.5. The Kier molecular flexibility index (Phi) is 9.22. The fourth-order valence-corrected chi connectivity index (χ4v) is 3.01. The number of rotatable bonds is 11. The van der Waals surface area contributed by atoms with Crippen LogP contribution >= 0.6 is 23.2 Å². The third-order valence-corrected chi connectivity index (χ3v) is 4.55. The molecule has 148 valence electrons. The van der Waals surface area contributed by atoms with Crippen molar-refractivity contribution in [2.24, 2.45) is 0 Å². The number of hydrogen-bond donors (Lipinski definition) is 1. The van der Waals surface area contributed by atoms with E-state index in [2.05, 4.69) is 5.32 Å². The Morgan fingerprint density at radius 1 is 1.07 bits per heavy atom. The van der Waals surface area contributed by atoms with Crippen LogP contribution in [0.2, 0.25) is 10.0 Å². The maximum atomic E-state index is 6.43. The molecule has 0 aromatic heterocycles. The molecule has 0 saturated carbocycles. The lowest BCUT2D eigenvalue weighted by Crippen LogP contribution is -2.17. The van der Waals surface area contributed by atoms with Gasteiger partial charge in [0.15, 0.2) is 11.5 Å². The van der Waals surface area contributed by atoms with Crippen LogP contribution in [0.5, 0.6) is 11.5 Å². The van der Waals surface area contributed by atoms with Gasteiger partial charge in [-0.3, -0.25) is 0 Å². The fourth-order valence-electron chi connectivity index (χ4n) is 2.53. The van der Waals surface area contributed by atoms with Gasteiger partial charge in [0.1, 0.15) is 6.61 Å². The summed E-state index contributed by atoms with van der Waals surface area (Å²) in [7, 11) is 1.61. The van der Waals surface area contributed by atoms with Crippen molar-refractivity contribution in [3.8, 4) is 11.5 Å². The van der Waals surface area contributed by atoms with Gasteiger partial charge in [-0.2, -0.15) is 0 Å². The molecule has 4 nitrogen and oxygen atoms in total. The first-order valence-electron chi connectivity index (χ1n) is 9.06. The highest BCUT2D eigenvalue weighted by Gasteiger charge is 2.13. The van der Waals surface area contributed by atoms with Crippen LogP contribution in [0.4, 0.5) is 0 Å². The van der Waals surface area contributed by atoms with E-state index >= 15 is 0 Å². The van der Waals surface area contributed by atoms with Crippen molar-refractivity contribution in [1.82, 2.24) is 5.32 Å². The average Bonchev–Trinajstić information content (AvgIpc) is 2.64. The standard InChI is InChI=1S/C21H27Cl2NO3/c1-15(2)26-10-6-9-24-13-16-11-19(23)21(20(12-16)25-3)27-14-17-7-4-5-8-18(17)22/h4-5,7-8,11-12,15,24H,6,9-10,13-14H2,1-3H3. The van der Waals surface area contributed by atoms with E-state index in [-0.39, 0.29) is 6.10 Å². The highest BCUT2D eigenvalue weighted by molar-refractivity contribution is 6.32. The van der Waals surface area contributed by atoms with Gasteiger partial charge < -0.3 is 19.5 Å². The van der Waals surface area contributed by atoms with Gasteiger partial charge >= 0.3 is 0 Å². The van der Waals surface area contributed by atoms with Crippen LogP contribution in [-0.4, -0.2) is 26.4 Å². The first kappa shape index (κ1) is 21.8. The molecule has 0 aliphatic heterocycles. The normalized spacial score (nSPS) is 11.0. The van der Waals surface area contributed by atoms with Gasteiger partial charge in [-0.1, -0.05) is 41.4 Å². The van der Waals surface area contributed by atoms with Crippen molar-refractivity contribution < 1.29 is 14.2 Å². The molecule has 27 heavy (non-hydrogen) atoms. The quantitative estimate of drug-likeness (QED) is 0.496. The molecule has 0 atom stereocenters. The number of ether oxygens (including phenoxy) is 3. The first-order chi connectivity index (χ1) is 13.0. The van der Waals surface area contributed by atoms with Gasteiger partial charge in [-0.05, 0) is 50.6 Å². The Morgan fingerprint density at radius 2 is 1.85 bits per heavy atom. The molecule has 0 radical (unpaired) electrons. The number of methoxy groups -OCH3 is 1. The fraction of sp³-hybridized carbons (Fsp3) is 0.429. The Labute approximate surface area is 171 Å². The molecule has 0 aliphatic rings. The van der Waals surface area contributed by atoms with E-state index < -0.39 is 0 Å². The predicted octanol–water partition coefficient (Wildman–Crippen LogP) is 5.49. The molecule has 6 heteroatoms. The van der Waals surface area contributed by atoms with Crippen LogP contribution in [-0.2, 0) is 17.9 Å². The summed E-state index contributed by atoms with van der Waals surface area (Å²) in [5.41, 5.74) is 1.93. The largest absolute Gasteiger partial charge is 0.493 e. The van der Waals surface area contributed by atoms with Gasteiger partial charge in [0.25, 0.3) is 0 Å². The summed E-state index contributed by atoms with van der Waals surface area (Å²) in [5.74, 6) is 1.13. The van der Waals surface area contributed by atoms with Gasteiger partial charge in [-0.15, -0.1) is 0 Å². The Balaban J connectivity index is 1.93. The Bertz CT molecular complexity index is 723. The third-order valence-electron chi connectivity index (χ3n) is 3.90. The van der Waals surface area contributed by atoms with E-state index in [0.29, 0.717) is 34.7 Å². The van der Waals surface area contributed by atoms with E-state index in [1.165, 1.54) is 0 Å². The molecule has 1 N–H and O–H groups in total. The summed E-state index contributed by atoms with van der Waals surface area (Å²) in [6, 6.07) is 11.4. The van der Waals surface area contributed by atoms with Crippen LogP contribution in [0.25, 0.3) is 0 Å². The SMILES string of the molecule is COc1cc(CNCCCOC(C)C)cc(Cl)c1OCc1ccccc1Cl. The first-order valence-corrected chi connectivity index (χ1v) is 9.81. The Morgan fingerprint density at radius 3 is 2.56 bits per heavy atom. The zero-order chi connectivity index (χ0) is 19.6. The molecule has 0 spiro atoms. The zero-order valence-corrected chi connectivity index (χ0v) is 17.6. The molecule has 0 unspecified atom stereocenters.